The summed E-state index contributed by atoms with van der Waals surface area (Å²) in [5.41, 5.74) is 1.41. The Kier molecular flexibility index (Phi) is 4.41. The van der Waals surface area contributed by atoms with Crippen molar-refractivity contribution in [1.82, 2.24) is 10.2 Å². The maximum atomic E-state index is 3.51. The van der Waals surface area contributed by atoms with Gasteiger partial charge in [-0.2, -0.15) is 0 Å². The highest BCUT2D eigenvalue weighted by Gasteiger charge is 2.23. The van der Waals surface area contributed by atoms with Crippen molar-refractivity contribution in [3.8, 4) is 0 Å². The molecule has 2 nitrogen and oxygen atoms in total. The van der Waals surface area contributed by atoms with Crippen LogP contribution in [0.2, 0.25) is 0 Å². The fraction of sp³-hybridized carbons (Fsp3) is 0.667. The molecule has 2 unspecified atom stereocenters. The van der Waals surface area contributed by atoms with E-state index in [0.717, 1.165) is 18.4 Å². The van der Waals surface area contributed by atoms with Gasteiger partial charge in [0.1, 0.15) is 0 Å². The van der Waals surface area contributed by atoms with E-state index < -0.39 is 0 Å². The standard InChI is InChI=1S/C12H19BrN2S/c1-9-4-14-5-11(9)7-15(2)6-10-3-12(13)16-8-10/h3,8-9,11,14H,4-7H2,1-2H3. The molecule has 2 rings (SSSR count). The molecule has 2 atom stereocenters. The topological polar surface area (TPSA) is 15.3 Å². The van der Waals surface area contributed by atoms with E-state index in [2.05, 4.69) is 51.6 Å². The zero-order valence-electron chi connectivity index (χ0n) is 9.87. The Bertz CT molecular complexity index is 340. The van der Waals surface area contributed by atoms with Crippen LogP contribution in [-0.4, -0.2) is 31.6 Å². The lowest BCUT2D eigenvalue weighted by Gasteiger charge is -2.22. The fourth-order valence-electron chi connectivity index (χ4n) is 2.31. The summed E-state index contributed by atoms with van der Waals surface area (Å²) in [6, 6.07) is 2.22. The molecule has 1 N–H and O–H groups in total. The quantitative estimate of drug-likeness (QED) is 0.920. The Balaban J connectivity index is 1.82. The van der Waals surface area contributed by atoms with E-state index in [1.165, 1.54) is 29.0 Å². The highest BCUT2D eigenvalue weighted by molar-refractivity contribution is 9.11. The van der Waals surface area contributed by atoms with Gasteiger partial charge < -0.3 is 10.2 Å². The predicted octanol–water partition coefficient (Wildman–Crippen LogP) is 2.80. The largest absolute Gasteiger partial charge is 0.316 e. The molecule has 1 saturated heterocycles. The number of thiophene rings is 1. The Morgan fingerprint density at radius 3 is 2.94 bits per heavy atom. The summed E-state index contributed by atoms with van der Waals surface area (Å²) in [6.07, 6.45) is 0. The second kappa shape index (κ2) is 5.63. The van der Waals surface area contributed by atoms with Gasteiger partial charge in [0.2, 0.25) is 0 Å². The zero-order chi connectivity index (χ0) is 11.5. The lowest BCUT2D eigenvalue weighted by Crippen LogP contribution is -2.28. The fourth-order valence-corrected chi connectivity index (χ4v) is 3.51. The van der Waals surface area contributed by atoms with Crippen LogP contribution in [0.4, 0.5) is 0 Å². The van der Waals surface area contributed by atoms with Crippen LogP contribution in [0, 0.1) is 11.8 Å². The van der Waals surface area contributed by atoms with Crippen molar-refractivity contribution in [1.29, 1.82) is 0 Å². The first-order valence-corrected chi connectivity index (χ1v) is 7.44. The molecular formula is C12H19BrN2S. The van der Waals surface area contributed by atoms with Gasteiger partial charge in [-0.3, -0.25) is 0 Å². The molecule has 0 amide bonds. The van der Waals surface area contributed by atoms with Gasteiger partial charge in [-0.1, -0.05) is 6.92 Å². The number of rotatable bonds is 4. The molecule has 2 heterocycles. The average Bonchev–Trinajstić information content (AvgIpc) is 2.77. The molecule has 90 valence electrons. The first-order valence-electron chi connectivity index (χ1n) is 5.77. The summed E-state index contributed by atoms with van der Waals surface area (Å²) in [4.78, 5) is 2.43. The SMILES string of the molecule is CC1CNCC1CN(C)Cc1csc(Br)c1. The van der Waals surface area contributed by atoms with Gasteiger partial charge >= 0.3 is 0 Å². The third kappa shape index (κ3) is 3.29. The molecule has 0 aliphatic carbocycles. The van der Waals surface area contributed by atoms with Crippen molar-refractivity contribution in [3.05, 3.63) is 20.8 Å². The first kappa shape index (κ1) is 12.6. The second-order valence-electron chi connectivity index (χ2n) is 4.85. The van der Waals surface area contributed by atoms with Crippen LogP contribution in [-0.2, 0) is 6.54 Å². The third-order valence-electron chi connectivity index (χ3n) is 3.30. The lowest BCUT2D eigenvalue weighted by molar-refractivity contribution is 0.253. The molecule has 0 bridgehead atoms. The van der Waals surface area contributed by atoms with Gasteiger partial charge in [0.05, 0.1) is 3.79 Å². The van der Waals surface area contributed by atoms with Crippen molar-refractivity contribution in [2.75, 3.05) is 26.7 Å². The minimum atomic E-state index is 0.812. The smallest absolute Gasteiger partial charge is 0.0701 e. The molecule has 4 heteroatoms. The maximum absolute atomic E-state index is 3.51. The van der Waals surface area contributed by atoms with Gasteiger partial charge in [-0.05, 0) is 64.9 Å². The van der Waals surface area contributed by atoms with E-state index in [1.54, 1.807) is 11.3 Å². The zero-order valence-corrected chi connectivity index (χ0v) is 12.3. The van der Waals surface area contributed by atoms with E-state index in [-0.39, 0.29) is 0 Å². The Labute approximate surface area is 110 Å². The van der Waals surface area contributed by atoms with E-state index >= 15 is 0 Å². The highest BCUT2D eigenvalue weighted by atomic mass is 79.9. The van der Waals surface area contributed by atoms with Crippen LogP contribution < -0.4 is 5.32 Å². The number of halogens is 1. The van der Waals surface area contributed by atoms with Crippen molar-refractivity contribution < 1.29 is 0 Å². The number of nitrogens with zero attached hydrogens (tertiary/aromatic N) is 1. The van der Waals surface area contributed by atoms with Crippen molar-refractivity contribution in [3.63, 3.8) is 0 Å². The monoisotopic (exact) mass is 302 g/mol. The molecular weight excluding hydrogens is 284 g/mol. The molecule has 1 aliphatic heterocycles. The van der Waals surface area contributed by atoms with Crippen molar-refractivity contribution >= 4 is 27.3 Å². The van der Waals surface area contributed by atoms with Crippen LogP contribution in [0.1, 0.15) is 12.5 Å². The van der Waals surface area contributed by atoms with Crippen LogP contribution in [0.25, 0.3) is 0 Å². The molecule has 1 aromatic rings. The average molecular weight is 303 g/mol. The van der Waals surface area contributed by atoms with Crippen LogP contribution in [0.5, 0.6) is 0 Å². The normalized spacial score (nSPS) is 25.5. The Morgan fingerprint density at radius 1 is 1.56 bits per heavy atom. The molecule has 0 saturated carbocycles. The summed E-state index contributed by atoms with van der Waals surface area (Å²) < 4.78 is 1.23. The molecule has 16 heavy (non-hydrogen) atoms. The van der Waals surface area contributed by atoms with Crippen LogP contribution >= 0.6 is 27.3 Å². The Morgan fingerprint density at radius 2 is 2.38 bits per heavy atom. The van der Waals surface area contributed by atoms with Gasteiger partial charge in [-0.15, -0.1) is 11.3 Å². The van der Waals surface area contributed by atoms with Gasteiger partial charge in [0, 0.05) is 13.1 Å². The summed E-state index contributed by atoms with van der Waals surface area (Å²) in [5, 5.41) is 5.70. The van der Waals surface area contributed by atoms with E-state index in [4.69, 9.17) is 0 Å². The minimum absolute atomic E-state index is 0.812. The van der Waals surface area contributed by atoms with E-state index in [9.17, 15) is 0 Å². The van der Waals surface area contributed by atoms with Gasteiger partial charge in [0.25, 0.3) is 0 Å². The van der Waals surface area contributed by atoms with E-state index in [0.29, 0.717) is 0 Å². The summed E-state index contributed by atoms with van der Waals surface area (Å²) >= 11 is 5.28. The van der Waals surface area contributed by atoms with Crippen molar-refractivity contribution in [2.24, 2.45) is 11.8 Å². The summed E-state index contributed by atoms with van der Waals surface area (Å²) in [5.74, 6) is 1.63. The molecule has 0 spiro atoms. The number of hydrogen-bond donors (Lipinski definition) is 1. The molecule has 1 aromatic heterocycles. The highest BCUT2D eigenvalue weighted by Crippen LogP contribution is 2.22. The van der Waals surface area contributed by atoms with Gasteiger partial charge in [0.15, 0.2) is 0 Å². The molecule has 1 aliphatic rings. The van der Waals surface area contributed by atoms with Crippen LogP contribution in [0.15, 0.2) is 15.2 Å². The molecule has 0 radical (unpaired) electrons. The maximum Gasteiger partial charge on any atom is 0.0701 e. The molecule has 0 aromatic carbocycles. The van der Waals surface area contributed by atoms with Crippen molar-refractivity contribution in [2.45, 2.75) is 13.5 Å². The summed E-state index contributed by atoms with van der Waals surface area (Å²) in [6.45, 7) is 6.97. The second-order valence-corrected chi connectivity index (χ2v) is 7.14. The number of nitrogens with one attached hydrogen (secondary N) is 1. The Hall–Kier alpha value is 0.100. The van der Waals surface area contributed by atoms with E-state index in [1.807, 2.05) is 0 Å². The van der Waals surface area contributed by atoms with Gasteiger partial charge in [-0.25, -0.2) is 0 Å². The first-order chi connectivity index (χ1) is 7.65. The predicted molar refractivity (Wildman–Crippen MR) is 73.9 cm³/mol. The third-order valence-corrected chi connectivity index (χ3v) is 4.85. The lowest BCUT2D eigenvalue weighted by atomic mass is 9.98. The van der Waals surface area contributed by atoms with Crippen LogP contribution in [0.3, 0.4) is 0 Å². The number of hydrogen-bond acceptors (Lipinski definition) is 3. The molecule has 1 fully saturated rings. The summed E-state index contributed by atoms with van der Waals surface area (Å²) in [7, 11) is 2.22. The minimum Gasteiger partial charge on any atom is -0.316 e.